The quantitative estimate of drug-likeness (QED) is 0.789. The third-order valence-corrected chi connectivity index (χ3v) is 2.56. The number of aromatic nitrogens is 2. The fourth-order valence-electron chi connectivity index (χ4n) is 0.974. The van der Waals surface area contributed by atoms with Crippen molar-refractivity contribution in [3.63, 3.8) is 0 Å². The predicted molar refractivity (Wildman–Crippen MR) is 59.0 cm³/mol. The first-order valence-corrected chi connectivity index (χ1v) is 5.16. The normalized spacial score (nSPS) is 12.5. The van der Waals surface area contributed by atoms with Crippen molar-refractivity contribution >= 4 is 31.9 Å². The van der Waals surface area contributed by atoms with E-state index in [9.17, 15) is 0 Å². The van der Waals surface area contributed by atoms with Crippen LogP contribution in [0.15, 0.2) is 45.6 Å². The molecule has 2 nitrogen and oxygen atoms in total. The Morgan fingerprint density at radius 1 is 1.31 bits per heavy atom. The second-order valence-corrected chi connectivity index (χ2v) is 4.00. The maximum absolute atomic E-state index is 7.71. The highest BCUT2D eigenvalue weighted by atomic mass is 79.9. The zero-order valence-corrected chi connectivity index (χ0v) is 9.63. The standard InChI is InChI=1S/C9H6Br2N2/c10-7-3-1-2-4-8(7)13-6-5-9(11)12-13/h1-6H/i5D,6D. The summed E-state index contributed by atoms with van der Waals surface area (Å²) in [7, 11) is 0. The van der Waals surface area contributed by atoms with Crippen molar-refractivity contribution in [3.8, 4) is 5.69 Å². The number of hydrogen-bond donors (Lipinski definition) is 0. The summed E-state index contributed by atoms with van der Waals surface area (Å²) >= 11 is 6.51. The van der Waals surface area contributed by atoms with Gasteiger partial charge in [-0.15, -0.1) is 0 Å². The Kier molecular flexibility index (Phi) is 1.90. The third-order valence-electron chi connectivity index (χ3n) is 1.53. The zero-order valence-electron chi connectivity index (χ0n) is 8.46. The molecule has 0 fully saturated rings. The lowest BCUT2D eigenvalue weighted by Crippen LogP contribution is -1.94. The lowest BCUT2D eigenvalue weighted by Gasteiger charge is -2.02. The smallest absolute Gasteiger partial charge is 0.128 e. The van der Waals surface area contributed by atoms with Gasteiger partial charge in [0.05, 0.1) is 8.43 Å². The van der Waals surface area contributed by atoms with Crippen molar-refractivity contribution in [2.45, 2.75) is 0 Å². The summed E-state index contributed by atoms with van der Waals surface area (Å²) in [5.74, 6) is 0. The van der Waals surface area contributed by atoms with Gasteiger partial charge in [-0.2, -0.15) is 5.10 Å². The Morgan fingerprint density at radius 3 is 2.69 bits per heavy atom. The number of para-hydroxylation sites is 1. The number of hydrogen-bond acceptors (Lipinski definition) is 1. The number of benzene rings is 1. The van der Waals surface area contributed by atoms with E-state index in [1.807, 2.05) is 24.3 Å². The first-order valence-electron chi connectivity index (χ1n) is 4.58. The van der Waals surface area contributed by atoms with Gasteiger partial charge in [0.15, 0.2) is 0 Å². The molecule has 4 heteroatoms. The van der Waals surface area contributed by atoms with Gasteiger partial charge in [-0.3, -0.25) is 0 Å². The summed E-state index contributed by atoms with van der Waals surface area (Å²) in [6, 6.07) is 7.54. The van der Waals surface area contributed by atoms with Gasteiger partial charge in [-0.1, -0.05) is 12.1 Å². The molecule has 2 rings (SSSR count). The molecule has 0 N–H and O–H groups in total. The van der Waals surface area contributed by atoms with Gasteiger partial charge in [0.25, 0.3) is 0 Å². The molecule has 13 heavy (non-hydrogen) atoms. The molecule has 0 saturated heterocycles. The van der Waals surface area contributed by atoms with Crippen LogP contribution in [-0.4, -0.2) is 9.78 Å². The SMILES string of the molecule is [2H]c1c(Br)nn(-c2ccccc2Br)c1[2H]. The lowest BCUT2D eigenvalue weighted by atomic mass is 10.3. The minimum absolute atomic E-state index is 0.0637. The van der Waals surface area contributed by atoms with E-state index < -0.39 is 0 Å². The molecule has 0 atom stereocenters. The van der Waals surface area contributed by atoms with E-state index in [1.54, 1.807) is 0 Å². The first kappa shape index (κ1) is 6.79. The molecule has 0 spiro atoms. The van der Waals surface area contributed by atoms with Crippen LogP contribution in [0.5, 0.6) is 0 Å². The zero-order chi connectivity index (χ0) is 11.0. The summed E-state index contributed by atoms with van der Waals surface area (Å²) < 4.78 is 17.9. The molecular weight excluding hydrogens is 296 g/mol. The van der Waals surface area contributed by atoms with Gasteiger partial charge in [0.1, 0.15) is 4.60 Å². The first-order chi connectivity index (χ1) is 7.11. The molecule has 0 unspecified atom stereocenters. The summed E-state index contributed by atoms with van der Waals surface area (Å²) in [6.45, 7) is 0. The lowest BCUT2D eigenvalue weighted by molar-refractivity contribution is 0.866. The summed E-state index contributed by atoms with van der Waals surface area (Å²) in [5.41, 5.74) is 0.752. The van der Waals surface area contributed by atoms with Crippen molar-refractivity contribution in [2.75, 3.05) is 0 Å². The Hall–Kier alpha value is -0.610. The molecular formula is C9H6Br2N2. The van der Waals surface area contributed by atoms with Crippen LogP contribution < -0.4 is 0 Å². The average molecular weight is 304 g/mol. The minimum Gasteiger partial charge on any atom is -0.239 e. The van der Waals surface area contributed by atoms with Crippen molar-refractivity contribution in [1.82, 2.24) is 9.78 Å². The van der Waals surface area contributed by atoms with Crippen molar-refractivity contribution in [2.24, 2.45) is 0 Å². The molecule has 1 aromatic heterocycles. The van der Waals surface area contributed by atoms with Gasteiger partial charge in [0.2, 0.25) is 0 Å². The van der Waals surface area contributed by atoms with E-state index in [-0.39, 0.29) is 12.2 Å². The molecule has 1 aromatic carbocycles. The van der Waals surface area contributed by atoms with Crippen LogP contribution in [0, 0.1) is 0 Å². The number of halogens is 2. The Labute approximate surface area is 95.6 Å². The summed E-state index contributed by atoms with van der Waals surface area (Å²) in [5, 5.41) is 4.07. The highest BCUT2D eigenvalue weighted by molar-refractivity contribution is 9.10. The highest BCUT2D eigenvalue weighted by Crippen LogP contribution is 2.20. The topological polar surface area (TPSA) is 17.8 Å². The Morgan fingerprint density at radius 2 is 2.08 bits per heavy atom. The molecule has 0 radical (unpaired) electrons. The molecule has 2 aromatic rings. The van der Waals surface area contributed by atoms with E-state index in [0.29, 0.717) is 4.60 Å². The largest absolute Gasteiger partial charge is 0.239 e. The predicted octanol–water partition coefficient (Wildman–Crippen LogP) is 3.40. The van der Waals surface area contributed by atoms with E-state index >= 15 is 0 Å². The average Bonchev–Trinajstić information content (AvgIpc) is 2.47. The Balaban J connectivity index is 2.65. The third kappa shape index (κ3) is 1.84. The molecule has 0 aliphatic carbocycles. The van der Waals surface area contributed by atoms with Crippen molar-refractivity contribution in [3.05, 3.63) is 45.6 Å². The molecule has 0 aliphatic rings. The molecule has 0 bridgehead atoms. The van der Waals surface area contributed by atoms with Gasteiger partial charge in [-0.25, -0.2) is 4.68 Å². The molecule has 0 amide bonds. The second-order valence-electron chi connectivity index (χ2n) is 2.39. The van der Waals surface area contributed by atoms with Gasteiger partial charge >= 0.3 is 0 Å². The van der Waals surface area contributed by atoms with Gasteiger partial charge in [0, 0.05) is 10.6 Å². The van der Waals surface area contributed by atoms with Crippen LogP contribution >= 0.6 is 31.9 Å². The second kappa shape index (κ2) is 3.64. The monoisotopic (exact) mass is 302 g/mol. The van der Waals surface area contributed by atoms with Crippen LogP contribution in [0.4, 0.5) is 0 Å². The fourth-order valence-corrected chi connectivity index (χ4v) is 1.67. The molecule has 66 valence electrons. The van der Waals surface area contributed by atoms with Crippen LogP contribution in [0.25, 0.3) is 5.69 Å². The van der Waals surface area contributed by atoms with Crippen LogP contribution in [0.2, 0.25) is 0 Å². The molecule has 0 saturated carbocycles. The van der Waals surface area contributed by atoms with Crippen LogP contribution in [0.3, 0.4) is 0 Å². The van der Waals surface area contributed by atoms with Crippen LogP contribution in [-0.2, 0) is 0 Å². The Bertz CT molecular complexity index is 511. The van der Waals surface area contributed by atoms with E-state index in [0.717, 1.165) is 10.2 Å². The maximum Gasteiger partial charge on any atom is 0.128 e. The molecule has 0 aliphatic heterocycles. The highest BCUT2D eigenvalue weighted by Gasteiger charge is 2.01. The van der Waals surface area contributed by atoms with Gasteiger partial charge < -0.3 is 0 Å². The van der Waals surface area contributed by atoms with Crippen molar-refractivity contribution in [1.29, 1.82) is 0 Å². The van der Waals surface area contributed by atoms with E-state index in [4.69, 9.17) is 2.74 Å². The number of rotatable bonds is 1. The summed E-state index contributed by atoms with van der Waals surface area (Å²) in [4.78, 5) is 0. The van der Waals surface area contributed by atoms with Crippen LogP contribution in [0.1, 0.15) is 2.74 Å². The van der Waals surface area contributed by atoms with E-state index in [2.05, 4.69) is 37.0 Å². The maximum atomic E-state index is 7.71. The fraction of sp³-hybridized carbons (Fsp3) is 0. The van der Waals surface area contributed by atoms with E-state index in [1.165, 1.54) is 4.68 Å². The minimum atomic E-state index is 0.0637. The molecule has 1 heterocycles. The number of nitrogens with zero attached hydrogens (tertiary/aromatic N) is 2. The van der Waals surface area contributed by atoms with Crippen molar-refractivity contribution < 1.29 is 2.74 Å². The summed E-state index contributed by atoms with van der Waals surface area (Å²) in [6.07, 6.45) is 0.0637. The van der Waals surface area contributed by atoms with Gasteiger partial charge in [-0.05, 0) is 50.0 Å².